The summed E-state index contributed by atoms with van der Waals surface area (Å²) in [5.41, 5.74) is -1.33. The molecule has 0 saturated heterocycles. The van der Waals surface area contributed by atoms with Crippen LogP contribution in [0.2, 0.25) is 10.0 Å². The normalized spacial score (nSPS) is 14.7. The summed E-state index contributed by atoms with van der Waals surface area (Å²) in [5.74, 6) is -0.678. The summed E-state index contributed by atoms with van der Waals surface area (Å²) in [6.45, 7) is 1.38. The number of carbonyl (C=O) groups excluding carboxylic acids is 1. The Balaban J connectivity index is 3.25. The topological polar surface area (TPSA) is 37.3 Å². The molecular formula is C10H9Cl2FO2. The molecule has 1 rings (SSSR count). The lowest BCUT2D eigenvalue weighted by Gasteiger charge is -2.22. The number of benzene rings is 1. The summed E-state index contributed by atoms with van der Waals surface area (Å²) >= 11 is 11.3. The molecule has 5 heteroatoms. The van der Waals surface area contributed by atoms with Gasteiger partial charge in [0.05, 0.1) is 10.6 Å². The van der Waals surface area contributed by atoms with Gasteiger partial charge in [0.15, 0.2) is 0 Å². The summed E-state index contributed by atoms with van der Waals surface area (Å²) in [4.78, 5) is 10.3. The van der Waals surface area contributed by atoms with E-state index in [0.29, 0.717) is 6.29 Å². The van der Waals surface area contributed by atoms with Crippen molar-refractivity contribution in [3.05, 3.63) is 33.6 Å². The van der Waals surface area contributed by atoms with Crippen LogP contribution in [0.15, 0.2) is 12.1 Å². The van der Waals surface area contributed by atoms with Gasteiger partial charge in [-0.1, -0.05) is 23.2 Å². The Kier molecular flexibility index (Phi) is 3.71. The van der Waals surface area contributed by atoms with Crippen LogP contribution in [-0.4, -0.2) is 11.4 Å². The lowest BCUT2D eigenvalue weighted by molar-refractivity contribution is -0.112. The molecule has 0 bridgehead atoms. The molecule has 1 aromatic rings. The summed E-state index contributed by atoms with van der Waals surface area (Å²) in [5, 5.41) is 9.87. The zero-order chi connectivity index (χ0) is 11.6. The van der Waals surface area contributed by atoms with Crippen molar-refractivity contribution in [3.63, 3.8) is 0 Å². The lowest BCUT2D eigenvalue weighted by atomic mass is 9.93. The van der Waals surface area contributed by atoms with Crippen molar-refractivity contribution in [1.29, 1.82) is 0 Å². The van der Waals surface area contributed by atoms with Crippen LogP contribution in [0.25, 0.3) is 0 Å². The van der Waals surface area contributed by atoms with E-state index in [0.717, 1.165) is 6.07 Å². The summed E-state index contributed by atoms with van der Waals surface area (Å²) in [6.07, 6.45) is 0.386. The van der Waals surface area contributed by atoms with Gasteiger partial charge in [0.2, 0.25) is 0 Å². The average molecular weight is 251 g/mol. The second-order valence-electron chi connectivity index (χ2n) is 3.39. The van der Waals surface area contributed by atoms with Crippen LogP contribution in [-0.2, 0) is 10.4 Å². The Morgan fingerprint density at radius 3 is 2.60 bits per heavy atom. The Hall–Kier alpha value is -0.640. The molecule has 2 nitrogen and oxygen atoms in total. The summed E-state index contributed by atoms with van der Waals surface area (Å²) in [7, 11) is 0. The molecular weight excluding hydrogens is 242 g/mol. The van der Waals surface area contributed by atoms with Gasteiger partial charge in [-0.05, 0) is 19.1 Å². The van der Waals surface area contributed by atoms with Gasteiger partial charge in [-0.15, -0.1) is 0 Å². The maximum atomic E-state index is 13.1. The maximum Gasteiger partial charge on any atom is 0.142 e. The lowest BCUT2D eigenvalue weighted by Crippen LogP contribution is -2.22. The molecule has 0 amide bonds. The van der Waals surface area contributed by atoms with Gasteiger partial charge in [-0.2, -0.15) is 0 Å². The fourth-order valence-electron chi connectivity index (χ4n) is 1.21. The number of rotatable bonds is 3. The zero-order valence-corrected chi connectivity index (χ0v) is 9.44. The van der Waals surface area contributed by atoms with Crippen LogP contribution in [0.4, 0.5) is 4.39 Å². The number of aliphatic hydroxyl groups is 1. The van der Waals surface area contributed by atoms with E-state index in [4.69, 9.17) is 23.2 Å². The number of hydrogen-bond acceptors (Lipinski definition) is 2. The standard InChI is InChI=1S/C10H9Cl2FO2/c1-10(15,2-3-14)6-4-9(13)8(12)5-7(6)11/h3-5,15H,2H2,1H3. The molecule has 0 radical (unpaired) electrons. The van der Waals surface area contributed by atoms with Crippen molar-refractivity contribution in [2.45, 2.75) is 18.9 Å². The minimum Gasteiger partial charge on any atom is -0.385 e. The molecule has 82 valence electrons. The van der Waals surface area contributed by atoms with Gasteiger partial charge in [0.1, 0.15) is 12.1 Å². The predicted octanol–water partition coefficient (Wildman–Crippen LogP) is 2.93. The molecule has 1 atom stereocenters. The highest BCUT2D eigenvalue weighted by Gasteiger charge is 2.26. The maximum absolute atomic E-state index is 13.1. The van der Waals surface area contributed by atoms with Crippen LogP contribution in [0, 0.1) is 5.82 Å². The van der Waals surface area contributed by atoms with E-state index in [1.54, 1.807) is 0 Å². The number of halogens is 3. The molecule has 0 aliphatic rings. The van der Waals surface area contributed by atoms with Gasteiger partial charge < -0.3 is 9.90 Å². The molecule has 0 aliphatic carbocycles. The highest BCUT2D eigenvalue weighted by molar-refractivity contribution is 6.35. The van der Waals surface area contributed by atoms with Crippen molar-refractivity contribution in [3.8, 4) is 0 Å². The van der Waals surface area contributed by atoms with E-state index in [1.807, 2.05) is 0 Å². The fourth-order valence-corrected chi connectivity index (χ4v) is 1.79. The van der Waals surface area contributed by atoms with Crippen molar-refractivity contribution in [2.75, 3.05) is 0 Å². The van der Waals surface area contributed by atoms with Crippen LogP contribution in [0.1, 0.15) is 18.9 Å². The Morgan fingerprint density at radius 1 is 1.47 bits per heavy atom. The number of aldehydes is 1. The first kappa shape index (κ1) is 12.4. The van der Waals surface area contributed by atoms with Crippen molar-refractivity contribution in [2.24, 2.45) is 0 Å². The Labute approximate surface area is 96.6 Å². The van der Waals surface area contributed by atoms with Crippen LogP contribution in [0.3, 0.4) is 0 Å². The summed E-state index contributed by atoms with van der Waals surface area (Å²) in [6, 6.07) is 2.24. The first-order valence-corrected chi connectivity index (χ1v) is 4.95. The van der Waals surface area contributed by atoms with Gasteiger partial charge in [-0.25, -0.2) is 4.39 Å². The fraction of sp³-hybridized carbons (Fsp3) is 0.300. The molecule has 15 heavy (non-hydrogen) atoms. The first-order valence-electron chi connectivity index (χ1n) is 4.19. The Morgan fingerprint density at radius 2 is 2.07 bits per heavy atom. The van der Waals surface area contributed by atoms with Crippen LogP contribution < -0.4 is 0 Å². The second-order valence-corrected chi connectivity index (χ2v) is 4.21. The largest absolute Gasteiger partial charge is 0.385 e. The quantitative estimate of drug-likeness (QED) is 0.662. The van der Waals surface area contributed by atoms with Crippen molar-refractivity contribution >= 4 is 29.5 Å². The van der Waals surface area contributed by atoms with Gasteiger partial charge in [0, 0.05) is 17.0 Å². The Bertz CT molecular complexity index is 391. The van der Waals surface area contributed by atoms with Crippen molar-refractivity contribution in [1.82, 2.24) is 0 Å². The van der Waals surface area contributed by atoms with E-state index < -0.39 is 11.4 Å². The third-order valence-corrected chi connectivity index (χ3v) is 2.67. The molecule has 0 spiro atoms. The third-order valence-electron chi connectivity index (χ3n) is 2.07. The molecule has 1 aromatic carbocycles. The van der Waals surface area contributed by atoms with Gasteiger partial charge in [-0.3, -0.25) is 0 Å². The van der Waals surface area contributed by atoms with Crippen LogP contribution in [0.5, 0.6) is 0 Å². The van der Waals surface area contributed by atoms with Gasteiger partial charge >= 0.3 is 0 Å². The van der Waals surface area contributed by atoms with E-state index in [-0.39, 0.29) is 22.0 Å². The highest BCUT2D eigenvalue weighted by atomic mass is 35.5. The highest BCUT2D eigenvalue weighted by Crippen LogP contribution is 2.33. The van der Waals surface area contributed by atoms with Crippen LogP contribution >= 0.6 is 23.2 Å². The second kappa shape index (κ2) is 4.47. The third kappa shape index (κ3) is 2.68. The van der Waals surface area contributed by atoms with E-state index in [2.05, 4.69) is 0 Å². The SMILES string of the molecule is CC(O)(CC=O)c1cc(F)c(Cl)cc1Cl. The zero-order valence-electron chi connectivity index (χ0n) is 7.93. The molecule has 1 N–H and O–H groups in total. The minimum atomic E-state index is -1.48. The van der Waals surface area contributed by atoms with E-state index >= 15 is 0 Å². The summed E-state index contributed by atoms with van der Waals surface area (Å²) < 4.78 is 13.1. The number of hydrogen-bond donors (Lipinski definition) is 1. The van der Waals surface area contributed by atoms with E-state index in [1.165, 1.54) is 13.0 Å². The molecule has 1 unspecified atom stereocenters. The average Bonchev–Trinajstić information content (AvgIpc) is 2.11. The monoisotopic (exact) mass is 250 g/mol. The van der Waals surface area contributed by atoms with E-state index in [9.17, 15) is 14.3 Å². The van der Waals surface area contributed by atoms with Gasteiger partial charge in [0.25, 0.3) is 0 Å². The number of carbonyl (C=O) groups is 1. The predicted molar refractivity (Wildman–Crippen MR) is 56.7 cm³/mol. The first-order chi connectivity index (χ1) is 6.88. The smallest absolute Gasteiger partial charge is 0.142 e. The molecule has 0 heterocycles. The molecule has 0 saturated carbocycles. The minimum absolute atomic E-state index is 0.120. The molecule has 0 aromatic heterocycles. The molecule has 0 fully saturated rings. The van der Waals surface area contributed by atoms with Crippen molar-refractivity contribution < 1.29 is 14.3 Å². The molecule has 0 aliphatic heterocycles.